The van der Waals surface area contributed by atoms with Gasteiger partial charge in [0.05, 0.1) is 11.3 Å². The van der Waals surface area contributed by atoms with Crippen LogP contribution in [0.1, 0.15) is 19.4 Å². The molecule has 0 amide bonds. The fourth-order valence-electron chi connectivity index (χ4n) is 2.95. The molecule has 0 atom stereocenters. The third-order valence-corrected chi connectivity index (χ3v) is 5.09. The van der Waals surface area contributed by atoms with Crippen LogP contribution in [0.5, 0.6) is 0 Å². The lowest BCUT2D eigenvalue weighted by molar-refractivity contribution is 0.559. The molecule has 1 aliphatic rings. The lowest BCUT2D eigenvalue weighted by Crippen LogP contribution is -2.42. The summed E-state index contributed by atoms with van der Waals surface area (Å²) in [7, 11) is -1.21. The number of nitrogens with zero attached hydrogens (tertiary/aromatic N) is 1. The molecule has 1 aromatic carbocycles. The van der Waals surface area contributed by atoms with Gasteiger partial charge in [-0.25, -0.2) is 13.2 Å². The van der Waals surface area contributed by atoms with E-state index < -0.39 is 15.5 Å². The molecule has 2 heterocycles. The van der Waals surface area contributed by atoms with Crippen LogP contribution in [0.4, 0.5) is 5.69 Å². The molecule has 0 radical (unpaired) electrons. The van der Waals surface area contributed by atoms with Gasteiger partial charge in [-0.15, -0.1) is 0 Å². The zero-order chi connectivity index (χ0) is 17.0. The summed E-state index contributed by atoms with van der Waals surface area (Å²) in [5.41, 5.74) is 2.26. The number of anilines is 1. The van der Waals surface area contributed by atoms with Crippen molar-refractivity contribution in [2.24, 2.45) is 0 Å². The standard InChI is InChI=1S/C17H19NO4S/c1-17(2)9-12(10-23(4,20)21)13-7-11-5-6-16(19)22-15(11)8-14(13)18(17)3/h5-9H,10H2,1-4H3. The Morgan fingerprint density at radius 1 is 1.22 bits per heavy atom. The average molecular weight is 333 g/mol. The zero-order valence-electron chi connectivity index (χ0n) is 13.6. The molecule has 0 aliphatic carbocycles. The van der Waals surface area contributed by atoms with Crippen LogP contribution in [-0.2, 0) is 9.84 Å². The predicted molar refractivity (Wildman–Crippen MR) is 92.7 cm³/mol. The Kier molecular flexibility index (Phi) is 3.41. The number of hydrogen-bond donors (Lipinski definition) is 0. The van der Waals surface area contributed by atoms with E-state index in [1.54, 1.807) is 6.07 Å². The molecule has 0 saturated heterocycles. The molecule has 0 N–H and O–H groups in total. The van der Waals surface area contributed by atoms with Crippen molar-refractivity contribution < 1.29 is 12.8 Å². The third kappa shape index (κ3) is 2.91. The Labute approximate surface area is 135 Å². The summed E-state index contributed by atoms with van der Waals surface area (Å²) in [6.07, 6.45) is 3.22. The van der Waals surface area contributed by atoms with Gasteiger partial charge in [-0.1, -0.05) is 6.08 Å². The predicted octanol–water partition coefficient (Wildman–Crippen LogP) is 2.45. The summed E-state index contributed by atoms with van der Waals surface area (Å²) in [6, 6.07) is 6.75. The first kappa shape index (κ1) is 15.8. The number of fused-ring (bicyclic) bond motifs is 2. The van der Waals surface area contributed by atoms with E-state index in [9.17, 15) is 13.2 Å². The van der Waals surface area contributed by atoms with Crippen LogP contribution in [0.3, 0.4) is 0 Å². The molecular weight excluding hydrogens is 314 g/mol. The number of benzene rings is 1. The van der Waals surface area contributed by atoms with Gasteiger partial charge in [0.1, 0.15) is 5.58 Å². The molecule has 6 heteroatoms. The van der Waals surface area contributed by atoms with Crippen LogP contribution in [0, 0.1) is 0 Å². The van der Waals surface area contributed by atoms with Gasteiger partial charge >= 0.3 is 5.63 Å². The van der Waals surface area contributed by atoms with Crippen molar-refractivity contribution in [3.63, 3.8) is 0 Å². The van der Waals surface area contributed by atoms with E-state index in [-0.39, 0.29) is 11.3 Å². The van der Waals surface area contributed by atoms with Crippen molar-refractivity contribution >= 4 is 32.1 Å². The van der Waals surface area contributed by atoms with Gasteiger partial charge in [0.25, 0.3) is 0 Å². The fourth-order valence-corrected chi connectivity index (χ4v) is 3.76. The molecule has 0 bridgehead atoms. The van der Waals surface area contributed by atoms with Crippen molar-refractivity contribution in [1.29, 1.82) is 0 Å². The minimum Gasteiger partial charge on any atom is -0.423 e. The van der Waals surface area contributed by atoms with E-state index in [4.69, 9.17) is 4.42 Å². The van der Waals surface area contributed by atoms with Gasteiger partial charge < -0.3 is 9.32 Å². The molecule has 2 aromatic rings. The van der Waals surface area contributed by atoms with Crippen LogP contribution in [0.2, 0.25) is 0 Å². The smallest absolute Gasteiger partial charge is 0.336 e. The lowest BCUT2D eigenvalue weighted by atomic mass is 9.88. The Hall–Kier alpha value is -2.08. The molecular formula is C17H19NO4S. The van der Waals surface area contributed by atoms with E-state index in [1.807, 2.05) is 39.1 Å². The van der Waals surface area contributed by atoms with Gasteiger partial charge in [-0.2, -0.15) is 0 Å². The average Bonchev–Trinajstić information content (AvgIpc) is 2.41. The normalized spacial score (nSPS) is 17.0. The topological polar surface area (TPSA) is 67.6 Å². The quantitative estimate of drug-likeness (QED) is 0.790. The minimum atomic E-state index is -3.15. The maximum Gasteiger partial charge on any atom is 0.336 e. The van der Waals surface area contributed by atoms with Crippen LogP contribution >= 0.6 is 0 Å². The first-order valence-corrected chi connectivity index (χ1v) is 9.34. The van der Waals surface area contributed by atoms with Crippen molar-refractivity contribution in [2.75, 3.05) is 24.0 Å². The van der Waals surface area contributed by atoms with Crippen LogP contribution < -0.4 is 10.5 Å². The van der Waals surface area contributed by atoms with E-state index in [0.717, 1.165) is 22.2 Å². The first-order valence-electron chi connectivity index (χ1n) is 7.28. The second-order valence-corrected chi connectivity index (χ2v) is 8.75. The third-order valence-electron chi connectivity index (χ3n) is 4.25. The lowest BCUT2D eigenvalue weighted by Gasteiger charge is -2.41. The Morgan fingerprint density at radius 3 is 2.57 bits per heavy atom. The van der Waals surface area contributed by atoms with Gasteiger partial charge in [-0.3, -0.25) is 0 Å². The van der Waals surface area contributed by atoms with E-state index in [0.29, 0.717) is 5.58 Å². The van der Waals surface area contributed by atoms with Gasteiger partial charge in [0.15, 0.2) is 9.84 Å². The van der Waals surface area contributed by atoms with E-state index in [2.05, 4.69) is 4.90 Å². The van der Waals surface area contributed by atoms with Crippen molar-refractivity contribution in [1.82, 2.24) is 0 Å². The Balaban J connectivity index is 2.30. The summed E-state index contributed by atoms with van der Waals surface area (Å²) < 4.78 is 28.9. The molecule has 122 valence electrons. The highest BCUT2D eigenvalue weighted by Gasteiger charge is 2.31. The maximum absolute atomic E-state index is 11.8. The highest BCUT2D eigenvalue weighted by atomic mass is 32.2. The molecule has 3 rings (SSSR count). The number of hydrogen-bond acceptors (Lipinski definition) is 5. The first-order chi connectivity index (χ1) is 10.6. The van der Waals surface area contributed by atoms with Crippen LogP contribution in [0.25, 0.3) is 16.5 Å². The molecule has 1 aromatic heterocycles. The summed E-state index contributed by atoms with van der Waals surface area (Å²) >= 11 is 0. The van der Waals surface area contributed by atoms with E-state index >= 15 is 0 Å². The highest BCUT2D eigenvalue weighted by molar-refractivity contribution is 7.91. The maximum atomic E-state index is 11.8. The molecule has 0 saturated carbocycles. The van der Waals surface area contributed by atoms with Crippen LogP contribution in [0.15, 0.2) is 39.6 Å². The second-order valence-electron chi connectivity index (χ2n) is 6.61. The van der Waals surface area contributed by atoms with Gasteiger partial charge in [0.2, 0.25) is 0 Å². The largest absolute Gasteiger partial charge is 0.423 e. The fraction of sp³-hybridized carbons (Fsp3) is 0.353. The van der Waals surface area contributed by atoms with Gasteiger partial charge in [0, 0.05) is 42.1 Å². The van der Waals surface area contributed by atoms with Crippen LogP contribution in [-0.4, -0.2) is 33.0 Å². The number of rotatable bonds is 2. The number of sulfone groups is 1. The number of likely N-dealkylation sites (N-methyl/N-ethyl adjacent to an activating group) is 1. The molecule has 1 aliphatic heterocycles. The van der Waals surface area contributed by atoms with E-state index in [1.165, 1.54) is 12.3 Å². The van der Waals surface area contributed by atoms with Crippen molar-refractivity contribution in [3.05, 3.63) is 46.3 Å². The van der Waals surface area contributed by atoms with Crippen molar-refractivity contribution in [2.45, 2.75) is 19.4 Å². The summed E-state index contributed by atoms with van der Waals surface area (Å²) in [4.78, 5) is 13.5. The summed E-state index contributed by atoms with van der Waals surface area (Å²) in [5.74, 6) is -0.0143. The molecule has 0 unspecified atom stereocenters. The SMILES string of the molecule is CN1c2cc3oc(=O)ccc3cc2C(CS(C)(=O)=O)=CC1(C)C. The Bertz CT molecular complexity index is 983. The Morgan fingerprint density at radius 2 is 1.91 bits per heavy atom. The highest BCUT2D eigenvalue weighted by Crippen LogP contribution is 2.40. The molecule has 0 fully saturated rings. The second kappa shape index (κ2) is 4.96. The monoisotopic (exact) mass is 333 g/mol. The molecule has 0 spiro atoms. The zero-order valence-corrected chi connectivity index (χ0v) is 14.4. The minimum absolute atomic E-state index is 0.0143. The van der Waals surface area contributed by atoms with Gasteiger partial charge in [-0.05, 0) is 31.6 Å². The van der Waals surface area contributed by atoms with Crippen molar-refractivity contribution in [3.8, 4) is 0 Å². The molecule has 23 heavy (non-hydrogen) atoms. The summed E-state index contributed by atoms with van der Waals surface area (Å²) in [6.45, 7) is 4.03. The summed E-state index contributed by atoms with van der Waals surface area (Å²) in [5, 5.41) is 0.774. The molecule has 5 nitrogen and oxygen atoms in total.